The molecule has 138 valence electrons. The van der Waals surface area contributed by atoms with Crippen molar-refractivity contribution in [3.8, 4) is 0 Å². The van der Waals surface area contributed by atoms with Crippen molar-refractivity contribution in [1.29, 1.82) is 0 Å². The lowest BCUT2D eigenvalue weighted by atomic mass is 10.2. The number of carbonyl (C=O) groups excluding carboxylic acids is 1. The van der Waals surface area contributed by atoms with E-state index in [1.807, 2.05) is 21.9 Å². The van der Waals surface area contributed by atoms with Crippen LogP contribution in [0.3, 0.4) is 0 Å². The minimum atomic E-state index is -0.230. The number of halogens is 2. The average molecular weight is 376 g/mol. The molecule has 1 aliphatic rings. The van der Waals surface area contributed by atoms with Gasteiger partial charge in [0.15, 0.2) is 0 Å². The number of para-hydroxylation sites is 1. The Morgan fingerprint density at radius 2 is 1.77 bits per heavy atom. The van der Waals surface area contributed by atoms with Crippen molar-refractivity contribution >= 4 is 23.4 Å². The molecular formula is C20H22F2N2OS. The van der Waals surface area contributed by atoms with Gasteiger partial charge in [-0.3, -0.25) is 4.79 Å². The fourth-order valence-electron chi connectivity index (χ4n) is 3.04. The normalized spacial score (nSPS) is 14.5. The zero-order chi connectivity index (χ0) is 18.4. The van der Waals surface area contributed by atoms with Crippen molar-refractivity contribution in [2.75, 3.05) is 36.8 Å². The van der Waals surface area contributed by atoms with Gasteiger partial charge >= 0.3 is 0 Å². The Hall–Kier alpha value is -2.08. The summed E-state index contributed by atoms with van der Waals surface area (Å²) in [6, 6.07) is 13.3. The van der Waals surface area contributed by atoms with Gasteiger partial charge in [-0.05, 0) is 29.8 Å². The zero-order valence-corrected chi connectivity index (χ0v) is 15.4. The molecule has 1 heterocycles. The molecule has 0 aliphatic carbocycles. The highest BCUT2D eigenvalue weighted by Crippen LogP contribution is 2.21. The molecule has 0 bridgehead atoms. The van der Waals surface area contributed by atoms with E-state index in [1.165, 1.54) is 18.2 Å². The van der Waals surface area contributed by atoms with Gasteiger partial charge in [0, 0.05) is 44.1 Å². The lowest BCUT2D eigenvalue weighted by Gasteiger charge is -2.36. The van der Waals surface area contributed by atoms with E-state index < -0.39 is 0 Å². The fraction of sp³-hybridized carbons (Fsp3) is 0.350. The van der Waals surface area contributed by atoms with E-state index in [0.717, 1.165) is 5.56 Å². The van der Waals surface area contributed by atoms with Gasteiger partial charge in [0.25, 0.3) is 0 Å². The van der Waals surface area contributed by atoms with E-state index >= 15 is 0 Å². The second-order valence-electron chi connectivity index (χ2n) is 6.25. The monoisotopic (exact) mass is 376 g/mol. The smallest absolute Gasteiger partial charge is 0.223 e. The Morgan fingerprint density at radius 3 is 2.50 bits per heavy atom. The molecule has 0 radical (unpaired) electrons. The molecule has 1 amide bonds. The molecule has 1 aliphatic heterocycles. The third kappa shape index (κ3) is 4.97. The minimum Gasteiger partial charge on any atom is -0.366 e. The topological polar surface area (TPSA) is 23.6 Å². The Bertz CT molecular complexity index is 748. The Kier molecular flexibility index (Phi) is 6.50. The van der Waals surface area contributed by atoms with Gasteiger partial charge in [-0.15, -0.1) is 0 Å². The molecule has 0 unspecified atom stereocenters. The Labute approximate surface area is 157 Å². The van der Waals surface area contributed by atoms with Gasteiger partial charge in [-0.2, -0.15) is 11.8 Å². The van der Waals surface area contributed by atoms with Crippen LogP contribution in [0.4, 0.5) is 14.5 Å². The predicted molar refractivity (Wildman–Crippen MR) is 102 cm³/mol. The van der Waals surface area contributed by atoms with Gasteiger partial charge in [-0.25, -0.2) is 8.78 Å². The first-order valence-corrected chi connectivity index (χ1v) is 9.88. The number of benzene rings is 2. The molecule has 0 aromatic heterocycles. The quantitative estimate of drug-likeness (QED) is 0.714. The molecule has 26 heavy (non-hydrogen) atoms. The Morgan fingerprint density at radius 1 is 1.00 bits per heavy atom. The lowest BCUT2D eigenvalue weighted by Crippen LogP contribution is -2.49. The summed E-state index contributed by atoms with van der Waals surface area (Å²) in [4.78, 5) is 16.2. The van der Waals surface area contributed by atoms with Crippen molar-refractivity contribution in [3.63, 3.8) is 0 Å². The number of hydrogen-bond acceptors (Lipinski definition) is 3. The van der Waals surface area contributed by atoms with Crippen molar-refractivity contribution < 1.29 is 13.6 Å². The van der Waals surface area contributed by atoms with Crippen LogP contribution in [0.15, 0.2) is 48.5 Å². The second-order valence-corrected chi connectivity index (χ2v) is 7.36. The summed E-state index contributed by atoms with van der Waals surface area (Å²) in [7, 11) is 0. The zero-order valence-electron chi connectivity index (χ0n) is 14.5. The van der Waals surface area contributed by atoms with Crippen molar-refractivity contribution in [1.82, 2.24) is 4.90 Å². The molecule has 2 aromatic carbocycles. The van der Waals surface area contributed by atoms with E-state index in [4.69, 9.17) is 0 Å². The molecule has 0 atom stereocenters. The summed E-state index contributed by atoms with van der Waals surface area (Å²) in [5.74, 6) is 1.09. The van der Waals surface area contributed by atoms with E-state index in [0.29, 0.717) is 49.8 Å². The third-order valence-electron chi connectivity index (χ3n) is 4.44. The maximum absolute atomic E-state index is 13.9. The van der Waals surface area contributed by atoms with Crippen molar-refractivity contribution in [2.45, 2.75) is 12.2 Å². The highest BCUT2D eigenvalue weighted by molar-refractivity contribution is 7.98. The number of piperazine rings is 1. The van der Waals surface area contributed by atoms with Crippen LogP contribution in [-0.4, -0.2) is 42.7 Å². The summed E-state index contributed by atoms with van der Waals surface area (Å²) < 4.78 is 27.0. The largest absolute Gasteiger partial charge is 0.366 e. The van der Waals surface area contributed by atoms with E-state index in [2.05, 4.69) is 0 Å². The summed E-state index contributed by atoms with van der Waals surface area (Å²) in [5.41, 5.74) is 1.53. The van der Waals surface area contributed by atoms with Crippen molar-refractivity contribution in [2.24, 2.45) is 0 Å². The third-order valence-corrected chi connectivity index (χ3v) is 5.47. The summed E-state index contributed by atoms with van der Waals surface area (Å²) in [6.07, 6.45) is 0.472. The van der Waals surface area contributed by atoms with Crippen LogP contribution in [0, 0.1) is 11.6 Å². The first kappa shape index (κ1) is 18.7. The van der Waals surface area contributed by atoms with Gasteiger partial charge in [0.1, 0.15) is 11.6 Å². The number of hydrogen-bond donors (Lipinski definition) is 0. The van der Waals surface area contributed by atoms with E-state index in [9.17, 15) is 13.6 Å². The van der Waals surface area contributed by atoms with E-state index in [-0.39, 0.29) is 17.5 Å². The van der Waals surface area contributed by atoms with Crippen LogP contribution in [-0.2, 0) is 10.5 Å². The number of nitrogens with zero attached hydrogens (tertiary/aromatic N) is 2. The first-order valence-electron chi connectivity index (χ1n) is 8.73. The van der Waals surface area contributed by atoms with Gasteiger partial charge < -0.3 is 9.80 Å². The molecule has 0 saturated carbocycles. The minimum absolute atomic E-state index is 0.130. The molecule has 0 spiro atoms. The fourth-order valence-corrected chi connectivity index (χ4v) is 3.92. The summed E-state index contributed by atoms with van der Waals surface area (Å²) >= 11 is 1.63. The molecule has 1 saturated heterocycles. The molecule has 6 heteroatoms. The highest BCUT2D eigenvalue weighted by atomic mass is 32.2. The molecule has 3 nitrogen and oxygen atoms in total. The Balaban J connectivity index is 1.39. The maximum Gasteiger partial charge on any atom is 0.223 e. The molecule has 3 rings (SSSR count). The average Bonchev–Trinajstić information content (AvgIpc) is 2.66. The summed E-state index contributed by atoms with van der Waals surface area (Å²) in [5, 5.41) is 0. The SMILES string of the molecule is O=C(CCSCc1cccc(F)c1)N1CCN(c2ccccc2F)CC1. The lowest BCUT2D eigenvalue weighted by molar-refractivity contribution is -0.131. The molecule has 0 N–H and O–H groups in total. The van der Waals surface area contributed by atoms with E-state index in [1.54, 1.807) is 30.0 Å². The van der Waals surface area contributed by atoms with Crippen LogP contribution in [0.25, 0.3) is 0 Å². The highest BCUT2D eigenvalue weighted by Gasteiger charge is 2.22. The number of rotatable bonds is 6. The van der Waals surface area contributed by atoms with Crippen molar-refractivity contribution in [3.05, 3.63) is 65.7 Å². The first-order chi connectivity index (χ1) is 12.6. The van der Waals surface area contributed by atoms with Crippen LogP contribution in [0.1, 0.15) is 12.0 Å². The van der Waals surface area contributed by atoms with Crippen LogP contribution >= 0.6 is 11.8 Å². The number of amides is 1. The molecular weight excluding hydrogens is 354 g/mol. The van der Waals surface area contributed by atoms with Gasteiger partial charge in [0.2, 0.25) is 5.91 Å². The number of thioether (sulfide) groups is 1. The van der Waals surface area contributed by atoms with Crippen LogP contribution < -0.4 is 4.90 Å². The predicted octanol–water partition coefficient (Wildman–Crippen LogP) is 3.94. The van der Waals surface area contributed by atoms with Gasteiger partial charge in [0.05, 0.1) is 5.69 Å². The number of carbonyl (C=O) groups is 1. The maximum atomic E-state index is 13.9. The molecule has 1 fully saturated rings. The molecule has 2 aromatic rings. The second kappa shape index (κ2) is 9.03. The summed E-state index contributed by atoms with van der Waals surface area (Å²) in [6.45, 7) is 2.51. The van der Waals surface area contributed by atoms with Gasteiger partial charge in [-0.1, -0.05) is 24.3 Å². The van der Waals surface area contributed by atoms with Crippen LogP contribution in [0.5, 0.6) is 0 Å². The van der Waals surface area contributed by atoms with Crippen LogP contribution in [0.2, 0.25) is 0 Å². The standard InChI is InChI=1S/C20H22F2N2OS/c21-17-5-3-4-16(14-17)15-26-13-8-20(25)24-11-9-23(10-12-24)19-7-2-1-6-18(19)22/h1-7,14H,8-13,15H2. The number of anilines is 1.